The SMILES string of the molecule is Cc1noc(C)c1-c1cnc2c(c1)c(-c1cccc(CC(=O)O)c1)cn2C(c1ccccn1)C1CCCC1. The van der Waals surface area contributed by atoms with E-state index in [0.29, 0.717) is 5.92 Å². The maximum absolute atomic E-state index is 11.4. The normalized spacial score (nSPS) is 14.8. The Morgan fingerprint density at radius 2 is 1.92 bits per heavy atom. The molecular weight excluding hydrogens is 476 g/mol. The lowest BCUT2D eigenvalue weighted by Gasteiger charge is -2.25. The van der Waals surface area contributed by atoms with Crippen molar-refractivity contribution in [3.05, 3.63) is 89.8 Å². The van der Waals surface area contributed by atoms with Gasteiger partial charge in [-0.2, -0.15) is 0 Å². The summed E-state index contributed by atoms with van der Waals surface area (Å²) in [6.45, 7) is 3.85. The molecule has 6 rings (SSSR count). The minimum absolute atomic E-state index is 0.0201. The van der Waals surface area contributed by atoms with Gasteiger partial charge in [0, 0.05) is 40.7 Å². The van der Waals surface area contributed by atoms with Crippen LogP contribution in [-0.2, 0) is 11.2 Å². The molecule has 0 saturated heterocycles. The molecule has 192 valence electrons. The predicted octanol–water partition coefficient (Wildman–Crippen LogP) is 6.78. The summed E-state index contributed by atoms with van der Waals surface area (Å²) in [4.78, 5) is 21.2. The molecule has 5 aromatic rings. The number of carbonyl (C=O) groups is 1. The highest BCUT2D eigenvalue weighted by Gasteiger charge is 2.31. The molecule has 0 radical (unpaired) electrons. The number of hydrogen-bond acceptors (Lipinski definition) is 5. The molecule has 1 unspecified atom stereocenters. The summed E-state index contributed by atoms with van der Waals surface area (Å²) >= 11 is 0. The van der Waals surface area contributed by atoms with Gasteiger partial charge in [0.15, 0.2) is 0 Å². The van der Waals surface area contributed by atoms with Gasteiger partial charge in [-0.25, -0.2) is 4.98 Å². The van der Waals surface area contributed by atoms with Gasteiger partial charge in [-0.3, -0.25) is 9.78 Å². The fraction of sp³-hybridized carbons (Fsp3) is 0.290. The monoisotopic (exact) mass is 506 g/mol. The average Bonchev–Trinajstić information content (AvgIpc) is 3.65. The third-order valence-corrected chi connectivity index (χ3v) is 7.72. The molecule has 4 heterocycles. The van der Waals surface area contributed by atoms with Crippen molar-refractivity contribution in [3.63, 3.8) is 0 Å². The summed E-state index contributed by atoms with van der Waals surface area (Å²) < 4.78 is 7.75. The number of aromatic nitrogens is 4. The van der Waals surface area contributed by atoms with Crippen LogP contribution in [-0.4, -0.2) is 30.8 Å². The van der Waals surface area contributed by atoms with Crippen LogP contribution in [0.1, 0.15) is 54.4 Å². The zero-order valence-corrected chi connectivity index (χ0v) is 21.6. The smallest absolute Gasteiger partial charge is 0.307 e. The fourth-order valence-corrected chi connectivity index (χ4v) is 6.06. The van der Waals surface area contributed by atoms with Crippen LogP contribution in [0.2, 0.25) is 0 Å². The molecule has 1 atom stereocenters. The minimum atomic E-state index is -0.844. The number of carboxylic acid groups (broad SMARTS) is 1. The maximum atomic E-state index is 11.4. The molecule has 1 aliphatic carbocycles. The Bertz CT molecular complexity index is 1590. The summed E-state index contributed by atoms with van der Waals surface area (Å²) in [6, 6.07) is 16.1. The Kier molecular flexibility index (Phi) is 6.27. The highest BCUT2D eigenvalue weighted by Crippen LogP contribution is 2.42. The number of fused-ring (bicyclic) bond motifs is 1. The molecule has 1 fully saturated rings. The number of aryl methyl sites for hydroxylation is 2. The molecule has 0 bridgehead atoms. The summed E-state index contributed by atoms with van der Waals surface area (Å²) in [6.07, 6.45) is 10.7. The summed E-state index contributed by atoms with van der Waals surface area (Å²) in [7, 11) is 0. The van der Waals surface area contributed by atoms with Crippen LogP contribution < -0.4 is 0 Å². The van der Waals surface area contributed by atoms with E-state index in [9.17, 15) is 9.90 Å². The van der Waals surface area contributed by atoms with E-state index in [-0.39, 0.29) is 12.5 Å². The largest absolute Gasteiger partial charge is 0.481 e. The van der Waals surface area contributed by atoms with E-state index in [4.69, 9.17) is 14.5 Å². The van der Waals surface area contributed by atoms with Gasteiger partial charge >= 0.3 is 5.97 Å². The number of hydrogen-bond donors (Lipinski definition) is 1. The van der Waals surface area contributed by atoms with Crippen molar-refractivity contribution in [1.82, 2.24) is 19.7 Å². The lowest BCUT2D eigenvalue weighted by molar-refractivity contribution is -0.136. The topological polar surface area (TPSA) is 94.0 Å². The number of benzene rings is 1. The Labute approximate surface area is 221 Å². The van der Waals surface area contributed by atoms with Crippen molar-refractivity contribution in [2.75, 3.05) is 0 Å². The van der Waals surface area contributed by atoms with Gasteiger partial charge in [0.05, 0.1) is 23.9 Å². The van der Waals surface area contributed by atoms with Crippen LogP contribution in [0.15, 0.2) is 71.6 Å². The van der Waals surface area contributed by atoms with Gasteiger partial charge in [0.1, 0.15) is 11.4 Å². The number of pyridine rings is 2. The fourth-order valence-electron chi connectivity index (χ4n) is 6.06. The first-order valence-corrected chi connectivity index (χ1v) is 13.2. The quantitative estimate of drug-likeness (QED) is 0.262. The molecule has 7 heteroatoms. The van der Waals surface area contributed by atoms with E-state index in [2.05, 4.69) is 34.1 Å². The molecule has 7 nitrogen and oxygen atoms in total. The zero-order chi connectivity index (χ0) is 26.2. The van der Waals surface area contributed by atoms with Gasteiger partial charge in [-0.15, -0.1) is 0 Å². The Morgan fingerprint density at radius 3 is 2.63 bits per heavy atom. The van der Waals surface area contributed by atoms with Crippen LogP contribution in [0.25, 0.3) is 33.3 Å². The molecule has 1 saturated carbocycles. The third kappa shape index (κ3) is 4.38. The second kappa shape index (κ2) is 9.89. The van der Waals surface area contributed by atoms with E-state index < -0.39 is 5.97 Å². The van der Waals surface area contributed by atoms with Crippen LogP contribution in [0.3, 0.4) is 0 Å². The van der Waals surface area contributed by atoms with E-state index in [0.717, 1.165) is 68.8 Å². The van der Waals surface area contributed by atoms with Crippen molar-refractivity contribution < 1.29 is 14.4 Å². The van der Waals surface area contributed by atoms with Gasteiger partial charge in [-0.05, 0) is 61.9 Å². The summed E-state index contributed by atoms with van der Waals surface area (Å²) in [5, 5.41) is 14.5. The zero-order valence-electron chi connectivity index (χ0n) is 21.6. The van der Waals surface area contributed by atoms with Crippen LogP contribution in [0.5, 0.6) is 0 Å². The van der Waals surface area contributed by atoms with Crippen molar-refractivity contribution in [2.45, 2.75) is 52.0 Å². The first kappa shape index (κ1) is 24.1. The highest BCUT2D eigenvalue weighted by atomic mass is 16.5. The second-order valence-electron chi connectivity index (χ2n) is 10.3. The summed E-state index contributed by atoms with van der Waals surface area (Å²) in [5.74, 6) is 0.379. The molecule has 1 aromatic carbocycles. The van der Waals surface area contributed by atoms with E-state index in [1.807, 2.05) is 56.6 Å². The molecule has 0 amide bonds. The Hall–Kier alpha value is -4.26. The third-order valence-electron chi connectivity index (χ3n) is 7.72. The molecule has 1 N–H and O–H groups in total. The van der Waals surface area contributed by atoms with Gasteiger partial charge in [-0.1, -0.05) is 48.3 Å². The standard InChI is InChI=1S/C31H30N4O3/c1-19-29(20(2)38-34-19)24-16-25-26(23-11-7-8-21(14-23)15-28(36)37)18-35(31(25)33-17-24)30(22-9-3-4-10-22)27-12-5-6-13-32-27/h5-8,11-14,16-18,22,30H,3-4,9-10,15H2,1-2H3,(H,36,37). The predicted molar refractivity (Wildman–Crippen MR) is 146 cm³/mol. The van der Waals surface area contributed by atoms with E-state index in [1.165, 1.54) is 12.8 Å². The number of aliphatic carboxylic acids is 1. The van der Waals surface area contributed by atoms with Crippen LogP contribution >= 0.6 is 0 Å². The lowest BCUT2D eigenvalue weighted by atomic mass is 9.94. The lowest BCUT2D eigenvalue weighted by Crippen LogP contribution is -2.19. The molecule has 0 aliphatic heterocycles. The van der Waals surface area contributed by atoms with Gasteiger partial charge in [0.25, 0.3) is 0 Å². The number of rotatable bonds is 7. The van der Waals surface area contributed by atoms with Crippen molar-refractivity contribution >= 4 is 17.0 Å². The molecule has 38 heavy (non-hydrogen) atoms. The molecule has 0 spiro atoms. The highest BCUT2D eigenvalue weighted by molar-refractivity contribution is 5.97. The van der Waals surface area contributed by atoms with Gasteiger partial charge in [0.2, 0.25) is 0 Å². The van der Waals surface area contributed by atoms with E-state index in [1.54, 1.807) is 0 Å². The first-order valence-electron chi connectivity index (χ1n) is 13.2. The molecule has 1 aliphatic rings. The average molecular weight is 507 g/mol. The van der Waals surface area contributed by atoms with Crippen LogP contribution in [0.4, 0.5) is 0 Å². The van der Waals surface area contributed by atoms with Gasteiger partial charge < -0.3 is 14.2 Å². The maximum Gasteiger partial charge on any atom is 0.307 e. The van der Waals surface area contributed by atoms with Crippen LogP contribution in [0, 0.1) is 19.8 Å². The van der Waals surface area contributed by atoms with Crippen molar-refractivity contribution in [1.29, 1.82) is 0 Å². The number of carboxylic acids is 1. The van der Waals surface area contributed by atoms with Crippen molar-refractivity contribution in [2.24, 2.45) is 5.92 Å². The second-order valence-corrected chi connectivity index (χ2v) is 10.3. The van der Waals surface area contributed by atoms with E-state index >= 15 is 0 Å². The van der Waals surface area contributed by atoms with Crippen molar-refractivity contribution in [3.8, 4) is 22.3 Å². The first-order chi connectivity index (χ1) is 18.5. The molecule has 4 aromatic heterocycles. The Morgan fingerprint density at radius 1 is 1.08 bits per heavy atom. The number of nitrogens with zero attached hydrogens (tertiary/aromatic N) is 4. The minimum Gasteiger partial charge on any atom is -0.481 e. The molecular formula is C31H30N4O3. The Balaban J connectivity index is 1.59. The summed E-state index contributed by atoms with van der Waals surface area (Å²) in [5.41, 5.74) is 7.41.